The Labute approximate surface area is 202 Å². The molecule has 0 radical (unpaired) electrons. The minimum Gasteiger partial charge on any atom is -0.325 e. The molecule has 2 N–H and O–H groups in total. The van der Waals surface area contributed by atoms with Crippen LogP contribution < -0.4 is 10.6 Å². The van der Waals surface area contributed by atoms with Crippen molar-refractivity contribution in [3.8, 4) is 11.3 Å². The number of halogens is 2. The zero-order valence-corrected chi connectivity index (χ0v) is 19.6. The summed E-state index contributed by atoms with van der Waals surface area (Å²) in [6, 6.07) is 7.30. The lowest BCUT2D eigenvalue weighted by Crippen LogP contribution is -2.28. The van der Waals surface area contributed by atoms with Crippen LogP contribution in [-0.2, 0) is 6.42 Å². The lowest BCUT2D eigenvalue weighted by Gasteiger charge is -2.22. The van der Waals surface area contributed by atoms with Crippen LogP contribution in [0.15, 0.2) is 36.7 Å². The Hall–Kier alpha value is -3.46. The van der Waals surface area contributed by atoms with Crippen LogP contribution in [0, 0.1) is 24.5 Å². The largest absolute Gasteiger partial charge is 0.325 e. The average molecular weight is 476 g/mol. The first-order valence-electron chi connectivity index (χ1n) is 12.2. The Kier molecular flexibility index (Phi) is 5.64. The maximum atomic E-state index is 14.9. The molecule has 1 saturated heterocycles. The average Bonchev–Trinajstić information content (AvgIpc) is 3.64. The normalized spacial score (nSPS) is 16.7. The number of nitrogens with zero attached hydrogens (tertiary/aromatic N) is 5. The van der Waals surface area contributed by atoms with E-state index in [1.54, 1.807) is 6.07 Å². The second-order valence-corrected chi connectivity index (χ2v) is 9.55. The SMILES string of the molecule is Cc1nc2c(F)cc(-c3nc(Nc4ccc(CC5CCNCC5)cn4)ncc3F)cc2n1C1CC1. The minimum absolute atomic E-state index is 0.0343. The molecule has 4 aromatic rings. The predicted octanol–water partition coefficient (Wildman–Crippen LogP) is 5.10. The topological polar surface area (TPSA) is 80.6 Å². The number of anilines is 2. The molecule has 0 spiro atoms. The van der Waals surface area contributed by atoms with Gasteiger partial charge in [0.1, 0.15) is 22.9 Å². The molecule has 1 saturated carbocycles. The molecule has 0 amide bonds. The van der Waals surface area contributed by atoms with Gasteiger partial charge in [0.05, 0.1) is 11.7 Å². The zero-order valence-electron chi connectivity index (χ0n) is 19.6. The summed E-state index contributed by atoms with van der Waals surface area (Å²) in [6.07, 6.45) is 8.41. The second kappa shape index (κ2) is 8.96. The van der Waals surface area contributed by atoms with Crippen molar-refractivity contribution in [3.63, 3.8) is 0 Å². The fourth-order valence-electron chi connectivity index (χ4n) is 4.98. The van der Waals surface area contributed by atoms with Gasteiger partial charge in [-0.3, -0.25) is 0 Å². The highest BCUT2D eigenvalue weighted by Crippen LogP contribution is 2.40. The zero-order chi connectivity index (χ0) is 23.9. The molecule has 4 heterocycles. The van der Waals surface area contributed by atoms with E-state index in [1.807, 2.05) is 29.8 Å². The number of aryl methyl sites for hydroxylation is 1. The van der Waals surface area contributed by atoms with E-state index in [4.69, 9.17) is 0 Å². The Bertz CT molecular complexity index is 1370. The standard InChI is InChI=1S/C26H27F2N7/c1-15-32-25-20(27)11-18(12-22(25)35(15)19-3-4-19)24-21(28)14-31-26(34-24)33-23-5-2-17(13-30-23)10-16-6-8-29-9-7-16/h2,5,11-14,16,19,29H,3-4,6-10H2,1H3,(H,30,31,33,34). The summed E-state index contributed by atoms with van der Waals surface area (Å²) in [5, 5.41) is 6.44. The van der Waals surface area contributed by atoms with Gasteiger partial charge in [-0.25, -0.2) is 28.7 Å². The summed E-state index contributed by atoms with van der Waals surface area (Å²) in [6.45, 7) is 4.01. The quantitative estimate of drug-likeness (QED) is 0.404. The van der Waals surface area contributed by atoms with Gasteiger partial charge in [0.15, 0.2) is 11.6 Å². The van der Waals surface area contributed by atoms with Crippen LogP contribution in [0.3, 0.4) is 0 Å². The number of benzene rings is 1. The van der Waals surface area contributed by atoms with Crippen LogP contribution in [0.1, 0.15) is 43.1 Å². The van der Waals surface area contributed by atoms with Crippen molar-refractivity contribution in [2.45, 2.75) is 45.1 Å². The number of hydrogen-bond acceptors (Lipinski definition) is 6. The van der Waals surface area contributed by atoms with E-state index >= 15 is 0 Å². The maximum absolute atomic E-state index is 14.9. The molecule has 6 rings (SSSR count). The van der Waals surface area contributed by atoms with Crippen LogP contribution in [0.5, 0.6) is 0 Å². The number of piperidine rings is 1. The van der Waals surface area contributed by atoms with Crippen molar-refractivity contribution in [3.05, 3.63) is 59.7 Å². The minimum atomic E-state index is -0.617. The number of hydrogen-bond donors (Lipinski definition) is 2. The van der Waals surface area contributed by atoms with Crippen LogP contribution in [0.25, 0.3) is 22.3 Å². The summed E-state index contributed by atoms with van der Waals surface area (Å²) >= 11 is 0. The van der Waals surface area contributed by atoms with Gasteiger partial charge in [0.25, 0.3) is 0 Å². The molecule has 1 aliphatic heterocycles. The van der Waals surface area contributed by atoms with Gasteiger partial charge in [-0.15, -0.1) is 0 Å². The molecule has 2 fully saturated rings. The summed E-state index contributed by atoms with van der Waals surface area (Å²) in [5.74, 6) is 1.11. The van der Waals surface area contributed by atoms with Crippen molar-refractivity contribution >= 4 is 22.8 Å². The number of rotatable bonds is 6. The molecule has 0 unspecified atom stereocenters. The lowest BCUT2D eigenvalue weighted by molar-refractivity contribution is 0.372. The number of nitrogens with one attached hydrogen (secondary N) is 2. The fraction of sp³-hybridized carbons (Fsp3) is 0.385. The van der Waals surface area contributed by atoms with Crippen LogP contribution in [0.2, 0.25) is 0 Å². The number of pyridine rings is 1. The third-order valence-electron chi connectivity index (χ3n) is 6.90. The molecule has 3 aromatic heterocycles. The Morgan fingerprint density at radius 1 is 1.00 bits per heavy atom. The molecule has 0 bridgehead atoms. The molecular formula is C26H27F2N7. The van der Waals surface area contributed by atoms with E-state index in [1.165, 1.54) is 24.5 Å². The molecule has 9 heteroatoms. The Morgan fingerprint density at radius 2 is 1.83 bits per heavy atom. The summed E-state index contributed by atoms with van der Waals surface area (Å²) < 4.78 is 31.7. The van der Waals surface area contributed by atoms with Gasteiger partial charge in [0.2, 0.25) is 5.95 Å². The molecule has 2 aliphatic rings. The summed E-state index contributed by atoms with van der Waals surface area (Å²) in [7, 11) is 0. The highest BCUT2D eigenvalue weighted by atomic mass is 19.1. The van der Waals surface area contributed by atoms with E-state index in [0.29, 0.717) is 34.4 Å². The van der Waals surface area contributed by atoms with E-state index in [9.17, 15) is 8.78 Å². The monoisotopic (exact) mass is 475 g/mol. The summed E-state index contributed by atoms with van der Waals surface area (Å²) in [4.78, 5) is 17.3. The van der Waals surface area contributed by atoms with Crippen molar-refractivity contribution in [1.82, 2.24) is 29.8 Å². The fourth-order valence-corrected chi connectivity index (χ4v) is 4.98. The second-order valence-electron chi connectivity index (χ2n) is 9.55. The van der Waals surface area contributed by atoms with Crippen LogP contribution >= 0.6 is 0 Å². The van der Waals surface area contributed by atoms with Gasteiger partial charge < -0.3 is 15.2 Å². The van der Waals surface area contributed by atoms with Gasteiger partial charge in [-0.05, 0) is 81.8 Å². The molecule has 7 nitrogen and oxygen atoms in total. The van der Waals surface area contributed by atoms with Gasteiger partial charge in [-0.2, -0.15) is 0 Å². The number of aromatic nitrogens is 5. The van der Waals surface area contributed by atoms with Crippen LogP contribution in [0.4, 0.5) is 20.5 Å². The van der Waals surface area contributed by atoms with Crippen molar-refractivity contribution in [2.24, 2.45) is 5.92 Å². The number of imidazole rings is 1. The van der Waals surface area contributed by atoms with Crippen molar-refractivity contribution in [2.75, 3.05) is 18.4 Å². The van der Waals surface area contributed by atoms with Gasteiger partial charge >= 0.3 is 0 Å². The first kappa shape index (κ1) is 22.0. The van der Waals surface area contributed by atoms with Gasteiger partial charge in [-0.1, -0.05) is 6.07 Å². The van der Waals surface area contributed by atoms with E-state index in [-0.39, 0.29) is 11.6 Å². The number of fused-ring (bicyclic) bond motifs is 1. The highest BCUT2D eigenvalue weighted by molar-refractivity contribution is 5.83. The molecule has 1 aromatic carbocycles. The Balaban J connectivity index is 1.26. The molecule has 35 heavy (non-hydrogen) atoms. The molecule has 0 atom stereocenters. The first-order valence-corrected chi connectivity index (χ1v) is 12.2. The third kappa shape index (κ3) is 4.48. The van der Waals surface area contributed by atoms with Crippen molar-refractivity contribution < 1.29 is 8.78 Å². The lowest BCUT2D eigenvalue weighted by atomic mass is 9.92. The molecule has 1 aliphatic carbocycles. The maximum Gasteiger partial charge on any atom is 0.229 e. The molecule has 180 valence electrons. The van der Waals surface area contributed by atoms with E-state index in [0.717, 1.165) is 44.4 Å². The molecular weight excluding hydrogens is 448 g/mol. The van der Waals surface area contributed by atoms with E-state index < -0.39 is 11.6 Å². The third-order valence-corrected chi connectivity index (χ3v) is 6.90. The van der Waals surface area contributed by atoms with E-state index in [2.05, 4.69) is 30.6 Å². The van der Waals surface area contributed by atoms with Crippen LogP contribution in [-0.4, -0.2) is 37.6 Å². The van der Waals surface area contributed by atoms with Gasteiger partial charge in [0, 0.05) is 17.8 Å². The first-order chi connectivity index (χ1) is 17.0. The predicted molar refractivity (Wildman–Crippen MR) is 131 cm³/mol. The summed E-state index contributed by atoms with van der Waals surface area (Å²) in [5.41, 5.74) is 2.55. The Morgan fingerprint density at radius 3 is 2.57 bits per heavy atom. The highest BCUT2D eigenvalue weighted by Gasteiger charge is 2.28. The smallest absolute Gasteiger partial charge is 0.229 e. The van der Waals surface area contributed by atoms with Crippen molar-refractivity contribution in [1.29, 1.82) is 0 Å².